The number of halogens is 1. The molecule has 8 nitrogen and oxygen atoms in total. The lowest BCUT2D eigenvalue weighted by Gasteiger charge is -2.29. The summed E-state index contributed by atoms with van der Waals surface area (Å²) in [5.41, 5.74) is 1.60. The molecule has 186 valence electrons. The van der Waals surface area contributed by atoms with Crippen LogP contribution in [0.4, 0.5) is 4.39 Å². The van der Waals surface area contributed by atoms with E-state index in [9.17, 15) is 14.0 Å². The summed E-state index contributed by atoms with van der Waals surface area (Å²) in [5, 5.41) is 3.21. The fourth-order valence-electron chi connectivity index (χ4n) is 4.41. The predicted octanol–water partition coefficient (Wildman–Crippen LogP) is 4.54. The van der Waals surface area contributed by atoms with Gasteiger partial charge in [-0.1, -0.05) is 12.8 Å². The molecule has 0 radical (unpaired) electrons. The van der Waals surface area contributed by atoms with Gasteiger partial charge in [0.1, 0.15) is 17.9 Å². The van der Waals surface area contributed by atoms with Crippen LogP contribution in [0.5, 0.6) is 0 Å². The molecule has 1 atom stereocenters. The quantitative estimate of drug-likeness (QED) is 0.308. The van der Waals surface area contributed by atoms with Crippen LogP contribution in [0.3, 0.4) is 0 Å². The van der Waals surface area contributed by atoms with Crippen LogP contribution in [0.1, 0.15) is 67.5 Å². The number of unbranched alkanes of at least 4 members (excludes halogenated alkanes) is 2. The summed E-state index contributed by atoms with van der Waals surface area (Å²) < 4.78 is 18.4. The Morgan fingerprint density at radius 3 is 2.66 bits per heavy atom. The average Bonchev–Trinajstić information content (AvgIpc) is 3.57. The van der Waals surface area contributed by atoms with E-state index in [0.29, 0.717) is 18.7 Å². The number of piperidine rings is 1. The molecule has 1 aliphatic heterocycles. The first kappa shape index (κ1) is 24.8. The van der Waals surface area contributed by atoms with E-state index in [-0.39, 0.29) is 35.4 Å². The third-order valence-corrected chi connectivity index (χ3v) is 6.55. The highest BCUT2D eigenvalue weighted by atomic mass is 19.1. The van der Waals surface area contributed by atoms with E-state index in [1.54, 1.807) is 18.3 Å². The summed E-state index contributed by atoms with van der Waals surface area (Å²) in [6, 6.07) is 5.95. The highest BCUT2D eigenvalue weighted by molar-refractivity contribution is 5.91. The van der Waals surface area contributed by atoms with Gasteiger partial charge in [-0.05, 0) is 75.6 Å². The van der Waals surface area contributed by atoms with Gasteiger partial charge in [0, 0.05) is 12.3 Å². The normalized spacial score (nSPS) is 15.7. The molecule has 1 unspecified atom stereocenters. The molecule has 4 rings (SSSR count). The molecule has 0 bridgehead atoms. The molecule has 0 saturated carbocycles. The number of hydrogen-bond acceptors (Lipinski definition) is 6. The number of nitrogens with one attached hydrogen (secondary N) is 2. The third kappa shape index (κ3) is 6.85. The fraction of sp³-hybridized carbons (Fsp3) is 0.462. The third-order valence-electron chi connectivity index (χ3n) is 6.55. The molecule has 1 aliphatic rings. The lowest BCUT2D eigenvalue weighted by atomic mass is 9.95. The minimum absolute atomic E-state index is 0.00125. The second-order valence-electron chi connectivity index (χ2n) is 9.19. The number of oxazole rings is 1. The molecule has 3 aromatic rings. The molecule has 35 heavy (non-hydrogen) atoms. The molecule has 1 saturated heterocycles. The highest BCUT2D eigenvalue weighted by Crippen LogP contribution is 2.25. The van der Waals surface area contributed by atoms with E-state index in [1.165, 1.54) is 24.6 Å². The minimum Gasteiger partial charge on any atom is -0.442 e. The summed E-state index contributed by atoms with van der Waals surface area (Å²) in [5.74, 6) is 0.495. The number of nitrogens with zero attached hydrogens (tertiary/aromatic N) is 3. The van der Waals surface area contributed by atoms with Crippen LogP contribution in [-0.4, -0.2) is 51.7 Å². The Labute approximate surface area is 204 Å². The van der Waals surface area contributed by atoms with E-state index >= 15 is 0 Å². The van der Waals surface area contributed by atoms with E-state index in [1.807, 2.05) is 0 Å². The summed E-state index contributed by atoms with van der Waals surface area (Å²) in [6.07, 6.45) is 9.71. The van der Waals surface area contributed by atoms with Gasteiger partial charge in [-0.25, -0.2) is 14.4 Å². The number of aromatic nitrogens is 3. The Kier molecular flexibility index (Phi) is 8.41. The number of carbonyl (C=O) groups excluding carboxylic acids is 2. The smallest absolute Gasteiger partial charge is 0.263 e. The molecule has 9 heteroatoms. The lowest BCUT2D eigenvalue weighted by Crippen LogP contribution is -2.40. The summed E-state index contributed by atoms with van der Waals surface area (Å²) in [4.78, 5) is 39.1. The number of imidazole rings is 1. The fourth-order valence-corrected chi connectivity index (χ4v) is 4.41. The van der Waals surface area contributed by atoms with Gasteiger partial charge in [0.05, 0.1) is 24.1 Å². The van der Waals surface area contributed by atoms with Crippen LogP contribution in [0.15, 0.2) is 47.3 Å². The summed E-state index contributed by atoms with van der Waals surface area (Å²) >= 11 is 0. The molecule has 1 amide bonds. The van der Waals surface area contributed by atoms with Crippen molar-refractivity contribution in [2.75, 3.05) is 20.1 Å². The van der Waals surface area contributed by atoms with E-state index in [0.717, 1.165) is 56.5 Å². The van der Waals surface area contributed by atoms with Crippen LogP contribution in [0, 0.1) is 11.7 Å². The Morgan fingerprint density at radius 2 is 1.94 bits per heavy atom. The molecule has 2 N–H and O–H groups in total. The van der Waals surface area contributed by atoms with Crippen molar-refractivity contribution < 1.29 is 18.4 Å². The monoisotopic (exact) mass is 481 g/mol. The Balaban J connectivity index is 1.37. The largest absolute Gasteiger partial charge is 0.442 e. The molecular formula is C26H32FN5O3. The standard InChI is InChI=1S/C26H32FN5O3/c1-32-14-11-19(12-15-32)25(34)31-21(5-3-2-4-6-23(33)26-28-13-16-35-26)24-29-17-22(30-24)18-7-9-20(27)10-8-18/h7-10,13,16-17,19,21H,2-6,11-12,14-15H2,1H3,(H,29,30)(H,31,34). The van der Waals surface area contributed by atoms with Crippen molar-refractivity contribution in [3.05, 3.63) is 60.5 Å². The van der Waals surface area contributed by atoms with Crippen molar-refractivity contribution in [3.63, 3.8) is 0 Å². The van der Waals surface area contributed by atoms with Gasteiger partial charge in [0.2, 0.25) is 11.7 Å². The van der Waals surface area contributed by atoms with Crippen molar-refractivity contribution in [2.24, 2.45) is 5.92 Å². The number of benzene rings is 1. The maximum Gasteiger partial charge on any atom is 0.263 e. The zero-order chi connectivity index (χ0) is 24.6. The number of hydrogen-bond donors (Lipinski definition) is 2. The molecule has 2 aromatic heterocycles. The van der Waals surface area contributed by atoms with E-state index in [4.69, 9.17) is 4.42 Å². The van der Waals surface area contributed by atoms with Gasteiger partial charge in [-0.3, -0.25) is 9.59 Å². The Morgan fingerprint density at radius 1 is 1.17 bits per heavy atom. The number of H-pyrrole nitrogens is 1. The number of Topliss-reactive ketones (excluding diaryl/α,β-unsaturated/α-hetero) is 1. The van der Waals surface area contributed by atoms with Crippen molar-refractivity contribution >= 4 is 11.7 Å². The number of rotatable bonds is 11. The van der Waals surface area contributed by atoms with Gasteiger partial charge >= 0.3 is 0 Å². The van der Waals surface area contributed by atoms with Crippen molar-refractivity contribution in [2.45, 2.75) is 51.0 Å². The van der Waals surface area contributed by atoms with Crippen molar-refractivity contribution in [1.29, 1.82) is 0 Å². The zero-order valence-corrected chi connectivity index (χ0v) is 20.0. The van der Waals surface area contributed by atoms with Crippen LogP contribution >= 0.6 is 0 Å². The van der Waals surface area contributed by atoms with Crippen LogP contribution in [0.25, 0.3) is 11.3 Å². The molecule has 0 aliphatic carbocycles. The van der Waals surface area contributed by atoms with Crippen molar-refractivity contribution in [3.8, 4) is 11.3 Å². The maximum atomic E-state index is 13.3. The van der Waals surface area contributed by atoms with Crippen LogP contribution < -0.4 is 5.32 Å². The van der Waals surface area contributed by atoms with E-state index < -0.39 is 0 Å². The summed E-state index contributed by atoms with van der Waals surface area (Å²) in [7, 11) is 2.07. The van der Waals surface area contributed by atoms with Gasteiger partial charge < -0.3 is 19.6 Å². The zero-order valence-electron chi connectivity index (χ0n) is 20.0. The highest BCUT2D eigenvalue weighted by Gasteiger charge is 2.26. The first-order chi connectivity index (χ1) is 17.0. The number of likely N-dealkylation sites (tertiary alicyclic amines) is 1. The van der Waals surface area contributed by atoms with Gasteiger partial charge in [0.15, 0.2) is 0 Å². The van der Waals surface area contributed by atoms with Gasteiger partial charge in [-0.15, -0.1) is 0 Å². The molecular weight excluding hydrogens is 449 g/mol. The number of aromatic amines is 1. The topological polar surface area (TPSA) is 104 Å². The summed E-state index contributed by atoms with van der Waals surface area (Å²) in [6.45, 7) is 1.83. The Hall–Kier alpha value is -3.33. The van der Waals surface area contributed by atoms with Crippen LogP contribution in [-0.2, 0) is 4.79 Å². The Bertz CT molecular complexity index is 1090. The lowest BCUT2D eigenvalue weighted by molar-refractivity contribution is -0.127. The molecule has 3 heterocycles. The van der Waals surface area contributed by atoms with Gasteiger partial charge in [-0.2, -0.15) is 0 Å². The van der Waals surface area contributed by atoms with Gasteiger partial charge in [0.25, 0.3) is 5.89 Å². The first-order valence-electron chi connectivity index (χ1n) is 12.2. The number of carbonyl (C=O) groups is 2. The molecule has 1 fully saturated rings. The first-order valence-corrected chi connectivity index (χ1v) is 12.2. The minimum atomic E-state index is -0.293. The van der Waals surface area contributed by atoms with Crippen LogP contribution in [0.2, 0.25) is 0 Å². The number of amides is 1. The predicted molar refractivity (Wildman–Crippen MR) is 129 cm³/mol. The van der Waals surface area contributed by atoms with E-state index in [2.05, 4.69) is 32.2 Å². The average molecular weight is 482 g/mol. The van der Waals surface area contributed by atoms with Crippen molar-refractivity contribution in [1.82, 2.24) is 25.2 Å². The SMILES string of the molecule is CN1CCC(C(=O)NC(CCCCCC(=O)c2ncco2)c2ncc(-c3ccc(F)cc3)[nH]2)CC1. The molecule has 0 spiro atoms. The second-order valence-corrected chi connectivity index (χ2v) is 9.19. The molecule has 1 aromatic carbocycles. The second kappa shape index (κ2) is 11.9. The number of ketones is 1. The maximum absolute atomic E-state index is 13.3.